The average molecular weight is 387 g/mol. The molecule has 0 heterocycles. The minimum Gasteiger partial charge on any atom is -0.493 e. The molecule has 0 N–H and O–H groups in total. The summed E-state index contributed by atoms with van der Waals surface area (Å²) in [5.74, 6) is 2.21. The Morgan fingerprint density at radius 2 is 1.39 bits per heavy atom. The van der Waals surface area contributed by atoms with Gasteiger partial charge in [-0.05, 0) is 36.8 Å². The summed E-state index contributed by atoms with van der Waals surface area (Å²) in [6.07, 6.45) is 25.1. The van der Waals surface area contributed by atoms with Gasteiger partial charge in [0, 0.05) is 0 Å². The van der Waals surface area contributed by atoms with Crippen LogP contribution in [0, 0.1) is 5.92 Å². The van der Waals surface area contributed by atoms with E-state index in [4.69, 9.17) is 4.74 Å². The van der Waals surface area contributed by atoms with E-state index in [0.29, 0.717) is 0 Å². The van der Waals surface area contributed by atoms with Crippen molar-refractivity contribution in [3.05, 3.63) is 29.8 Å². The normalized spacial score (nSPS) is 14.6. The van der Waals surface area contributed by atoms with Crippen LogP contribution in [0.25, 0.3) is 0 Å². The van der Waals surface area contributed by atoms with Crippen molar-refractivity contribution in [1.82, 2.24) is 0 Å². The molecule has 0 spiro atoms. The number of benzene rings is 1. The lowest BCUT2D eigenvalue weighted by atomic mass is 9.99. The molecule has 0 unspecified atom stereocenters. The Morgan fingerprint density at radius 1 is 0.750 bits per heavy atom. The van der Waals surface area contributed by atoms with Gasteiger partial charge >= 0.3 is 0 Å². The third-order valence-corrected chi connectivity index (χ3v) is 6.51. The van der Waals surface area contributed by atoms with Crippen LogP contribution in [-0.4, -0.2) is 6.61 Å². The first-order chi connectivity index (χ1) is 13.9. The lowest BCUT2D eigenvalue weighted by Crippen LogP contribution is -2.00. The number of hydrogen-bond acceptors (Lipinski definition) is 1. The van der Waals surface area contributed by atoms with Gasteiger partial charge in [0.2, 0.25) is 0 Å². The molecule has 0 atom stereocenters. The molecule has 1 aliphatic carbocycles. The van der Waals surface area contributed by atoms with Gasteiger partial charge in [0.1, 0.15) is 5.75 Å². The molecule has 0 amide bonds. The number of aryl methyl sites for hydroxylation is 1. The summed E-state index contributed by atoms with van der Waals surface area (Å²) in [7, 11) is 0. The van der Waals surface area contributed by atoms with Gasteiger partial charge < -0.3 is 4.74 Å². The maximum absolute atomic E-state index is 6.13. The molecular weight excluding hydrogens is 340 g/mol. The van der Waals surface area contributed by atoms with E-state index in [1.807, 2.05) is 0 Å². The van der Waals surface area contributed by atoms with Gasteiger partial charge in [-0.25, -0.2) is 0 Å². The predicted molar refractivity (Wildman–Crippen MR) is 123 cm³/mol. The van der Waals surface area contributed by atoms with Crippen LogP contribution < -0.4 is 4.74 Å². The third-order valence-electron chi connectivity index (χ3n) is 6.51. The van der Waals surface area contributed by atoms with Crippen molar-refractivity contribution < 1.29 is 4.74 Å². The van der Waals surface area contributed by atoms with Gasteiger partial charge in [0.05, 0.1) is 6.61 Å². The van der Waals surface area contributed by atoms with Crippen LogP contribution in [0.3, 0.4) is 0 Å². The Balaban J connectivity index is 1.46. The number of ether oxygens (including phenoxy) is 1. The second-order valence-electron chi connectivity index (χ2n) is 9.03. The summed E-state index contributed by atoms with van der Waals surface area (Å²) in [6.45, 7) is 3.17. The SMILES string of the molecule is CCCCCCCCc1ccccc1OCCCCCCCCC1CCCC1. The number of para-hydroxylation sites is 1. The van der Waals surface area contributed by atoms with Gasteiger partial charge in [0.25, 0.3) is 0 Å². The van der Waals surface area contributed by atoms with Crippen LogP contribution >= 0.6 is 0 Å². The van der Waals surface area contributed by atoms with Crippen molar-refractivity contribution in [2.45, 2.75) is 122 Å². The zero-order valence-electron chi connectivity index (χ0n) is 18.7. The molecule has 1 aromatic carbocycles. The molecule has 1 aromatic rings. The van der Waals surface area contributed by atoms with E-state index >= 15 is 0 Å². The largest absolute Gasteiger partial charge is 0.493 e. The number of unbranched alkanes of at least 4 members (excludes halogenated alkanes) is 10. The maximum atomic E-state index is 6.13. The minimum atomic E-state index is 0.885. The van der Waals surface area contributed by atoms with Crippen molar-refractivity contribution in [1.29, 1.82) is 0 Å². The molecule has 0 aliphatic heterocycles. The molecular formula is C27H46O. The highest BCUT2D eigenvalue weighted by molar-refractivity contribution is 5.33. The molecule has 1 heteroatoms. The fourth-order valence-electron chi connectivity index (χ4n) is 4.67. The molecule has 1 saturated carbocycles. The monoisotopic (exact) mass is 386 g/mol. The Morgan fingerprint density at radius 3 is 2.18 bits per heavy atom. The maximum Gasteiger partial charge on any atom is 0.122 e. The van der Waals surface area contributed by atoms with E-state index in [1.54, 1.807) is 0 Å². The van der Waals surface area contributed by atoms with Gasteiger partial charge in [-0.3, -0.25) is 0 Å². The topological polar surface area (TPSA) is 9.23 Å². The first-order valence-corrected chi connectivity index (χ1v) is 12.6. The van der Waals surface area contributed by atoms with E-state index in [-0.39, 0.29) is 0 Å². The van der Waals surface area contributed by atoms with Gasteiger partial charge in [-0.2, -0.15) is 0 Å². The second-order valence-corrected chi connectivity index (χ2v) is 9.03. The van der Waals surface area contributed by atoms with Crippen molar-refractivity contribution in [2.24, 2.45) is 5.92 Å². The summed E-state index contributed by atoms with van der Waals surface area (Å²) in [5, 5.41) is 0. The van der Waals surface area contributed by atoms with Crippen molar-refractivity contribution in [3.63, 3.8) is 0 Å². The van der Waals surface area contributed by atoms with E-state index in [9.17, 15) is 0 Å². The Labute approximate surface area is 175 Å². The van der Waals surface area contributed by atoms with E-state index in [2.05, 4.69) is 31.2 Å². The molecule has 2 rings (SSSR count). The van der Waals surface area contributed by atoms with E-state index in [0.717, 1.165) is 18.3 Å². The summed E-state index contributed by atoms with van der Waals surface area (Å²) in [6, 6.07) is 8.69. The first-order valence-electron chi connectivity index (χ1n) is 12.6. The molecule has 1 nitrogen and oxygen atoms in total. The summed E-state index contributed by atoms with van der Waals surface area (Å²) in [4.78, 5) is 0. The van der Waals surface area contributed by atoms with Gasteiger partial charge in [0.15, 0.2) is 0 Å². The predicted octanol–water partition coefficient (Wildman–Crippen LogP) is 8.89. The Kier molecular flexibility index (Phi) is 13.2. The van der Waals surface area contributed by atoms with Crippen molar-refractivity contribution in [3.8, 4) is 5.75 Å². The quantitative estimate of drug-likeness (QED) is 0.243. The molecule has 0 bridgehead atoms. The number of hydrogen-bond donors (Lipinski definition) is 0. The molecule has 160 valence electrons. The molecule has 28 heavy (non-hydrogen) atoms. The zero-order chi connectivity index (χ0) is 19.7. The molecule has 0 radical (unpaired) electrons. The number of rotatable bonds is 17. The fraction of sp³-hybridized carbons (Fsp3) is 0.778. The lowest BCUT2D eigenvalue weighted by molar-refractivity contribution is 0.301. The lowest BCUT2D eigenvalue weighted by Gasteiger charge is -2.11. The van der Waals surface area contributed by atoms with Crippen LogP contribution in [0.15, 0.2) is 24.3 Å². The summed E-state index contributed by atoms with van der Waals surface area (Å²) < 4.78 is 6.13. The van der Waals surface area contributed by atoms with Crippen LogP contribution in [0.5, 0.6) is 5.75 Å². The average Bonchev–Trinajstić information content (AvgIpc) is 3.24. The van der Waals surface area contributed by atoms with E-state index < -0.39 is 0 Å². The molecule has 0 saturated heterocycles. The first kappa shape index (κ1) is 23.3. The van der Waals surface area contributed by atoms with Crippen molar-refractivity contribution >= 4 is 0 Å². The molecule has 1 fully saturated rings. The van der Waals surface area contributed by atoms with Crippen molar-refractivity contribution in [2.75, 3.05) is 6.61 Å². The minimum absolute atomic E-state index is 0.885. The highest BCUT2D eigenvalue weighted by Crippen LogP contribution is 2.29. The Hall–Kier alpha value is -0.980. The standard InChI is InChI=1S/C27H46O/c1-2-3-4-5-9-12-21-26-22-15-16-23-27(26)28-24-17-10-7-6-8-11-18-25-19-13-14-20-25/h15-16,22-23,25H,2-14,17-21,24H2,1H3. The summed E-state index contributed by atoms with van der Waals surface area (Å²) >= 11 is 0. The van der Waals surface area contributed by atoms with Gasteiger partial charge in [-0.1, -0.05) is 121 Å². The smallest absolute Gasteiger partial charge is 0.122 e. The fourth-order valence-corrected chi connectivity index (χ4v) is 4.67. The van der Waals surface area contributed by atoms with Crippen LogP contribution in [-0.2, 0) is 6.42 Å². The third kappa shape index (κ3) is 10.5. The van der Waals surface area contributed by atoms with E-state index in [1.165, 1.54) is 121 Å². The summed E-state index contributed by atoms with van der Waals surface area (Å²) in [5.41, 5.74) is 1.41. The second kappa shape index (κ2) is 15.9. The highest BCUT2D eigenvalue weighted by atomic mass is 16.5. The van der Waals surface area contributed by atoms with Crippen LogP contribution in [0.2, 0.25) is 0 Å². The Bertz CT molecular complexity index is 475. The highest BCUT2D eigenvalue weighted by Gasteiger charge is 2.13. The van der Waals surface area contributed by atoms with Crippen LogP contribution in [0.1, 0.15) is 122 Å². The molecule has 1 aliphatic rings. The van der Waals surface area contributed by atoms with Crippen LogP contribution in [0.4, 0.5) is 0 Å². The zero-order valence-corrected chi connectivity index (χ0v) is 18.7. The van der Waals surface area contributed by atoms with Gasteiger partial charge in [-0.15, -0.1) is 0 Å². The molecule has 0 aromatic heterocycles.